The molecule has 0 aliphatic heterocycles. The summed E-state index contributed by atoms with van der Waals surface area (Å²) in [5, 5.41) is -1.37. The van der Waals surface area contributed by atoms with Crippen LogP contribution in [-0.4, -0.2) is 26.2 Å². The van der Waals surface area contributed by atoms with E-state index in [1.807, 2.05) is 0 Å². The van der Waals surface area contributed by atoms with E-state index in [0.29, 0.717) is 11.1 Å². The summed E-state index contributed by atoms with van der Waals surface area (Å²) in [5.74, 6) is -2.41. The molecule has 3 unspecified atom stereocenters. The second kappa shape index (κ2) is 12.2. The van der Waals surface area contributed by atoms with Crippen molar-refractivity contribution >= 4 is 17.7 Å². The van der Waals surface area contributed by atoms with Crippen LogP contribution in [0.4, 0.5) is 13.2 Å². The molecule has 2 aromatic rings. The normalized spacial score (nSPS) is 21.6. The van der Waals surface area contributed by atoms with Crippen molar-refractivity contribution in [2.75, 3.05) is 6.35 Å². The minimum Gasteiger partial charge on any atom is -0.302 e. The summed E-state index contributed by atoms with van der Waals surface area (Å²) in [5.41, 5.74) is 1.37. The first-order valence-corrected chi connectivity index (χ1v) is 15.0. The Labute approximate surface area is 210 Å². The van der Waals surface area contributed by atoms with Gasteiger partial charge < -0.3 is 9.05 Å². The molecule has 0 amide bonds. The van der Waals surface area contributed by atoms with Gasteiger partial charge in [0, 0.05) is 0 Å². The molecule has 200 valence electrons. The smallest absolute Gasteiger partial charge is 0.302 e. The van der Waals surface area contributed by atoms with Gasteiger partial charge >= 0.3 is 13.8 Å². The maximum absolute atomic E-state index is 13.5. The van der Waals surface area contributed by atoms with Gasteiger partial charge in [0.25, 0.3) is 10.1 Å². The minimum absolute atomic E-state index is 0.113. The fourth-order valence-corrected chi connectivity index (χ4v) is 7.92. The van der Waals surface area contributed by atoms with Crippen molar-refractivity contribution in [3.63, 3.8) is 0 Å². The molecule has 0 aromatic heterocycles. The van der Waals surface area contributed by atoms with E-state index in [-0.39, 0.29) is 32.0 Å². The van der Waals surface area contributed by atoms with E-state index in [9.17, 15) is 26.2 Å². The van der Waals surface area contributed by atoms with Crippen molar-refractivity contribution in [3.8, 4) is 0 Å². The monoisotopic (exact) mass is 548 g/mol. The molecule has 0 saturated heterocycles. The Morgan fingerprint density at radius 3 is 1.86 bits per heavy atom. The van der Waals surface area contributed by atoms with Gasteiger partial charge in [-0.15, -0.1) is 0 Å². The summed E-state index contributed by atoms with van der Waals surface area (Å²) >= 11 is 0. The van der Waals surface area contributed by atoms with Crippen LogP contribution in [0.1, 0.15) is 44.2 Å². The third kappa shape index (κ3) is 8.15. The van der Waals surface area contributed by atoms with Crippen molar-refractivity contribution < 1.29 is 39.4 Å². The Balaban J connectivity index is 1.76. The van der Waals surface area contributed by atoms with Crippen LogP contribution in [0.15, 0.2) is 60.7 Å². The van der Waals surface area contributed by atoms with Gasteiger partial charge in [-0.25, -0.2) is 0 Å². The predicted molar refractivity (Wildman–Crippen MR) is 130 cm³/mol. The first-order valence-electron chi connectivity index (χ1n) is 11.8. The molecule has 2 aromatic carbocycles. The molecule has 1 fully saturated rings. The summed E-state index contributed by atoms with van der Waals surface area (Å²) in [6, 6.07) is 17.6. The quantitative estimate of drug-likeness (QED) is 0.224. The Kier molecular flexibility index (Phi) is 9.80. The number of hydrogen-bond acceptors (Lipinski definition) is 6. The molecule has 3 atom stereocenters. The third-order valence-corrected chi connectivity index (χ3v) is 9.84. The van der Waals surface area contributed by atoms with Crippen LogP contribution < -0.4 is 0 Å². The topological polar surface area (TPSA) is 78.9 Å². The Morgan fingerprint density at radius 1 is 0.917 bits per heavy atom. The lowest BCUT2D eigenvalue weighted by Crippen LogP contribution is -2.43. The van der Waals surface area contributed by atoms with E-state index in [2.05, 4.69) is 0 Å². The van der Waals surface area contributed by atoms with Gasteiger partial charge in [-0.05, 0) is 42.2 Å². The Hall–Kier alpha value is -1.71. The van der Waals surface area contributed by atoms with Crippen LogP contribution in [-0.2, 0) is 41.1 Å². The van der Waals surface area contributed by atoms with Gasteiger partial charge in [0.1, 0.15) is 0 Å². The maximum atomic E-state index is 13.5. The molecule has 0 spiro atoms. The molecule has 6 nitrogen and oxygen atoms in total. The van der Waals surface area contributed by atoms with E-state index >= 15 is 0 Å². The fraction of sp³-hybridized carbons (Fsp3) is 0.520. The molecule has 11 heteroatoms. The number of alkyl halides is 3. The van der Waals surface area contributed by atoms with Gasteiger partial charge in [0.05, 0.1) is 24.4 Å². The average Bonchev–Trinajstić information content (AvgIpc) is 2.86. The number of benzene rings is 2. The van der Waals surface area contributed by atoms with Crippen molar-refractivity contribution in [2.45, 2.75) is 57.7 Å². The Bertz CT molecular complexity index is 1060. The summed E-state index contributed by atoms with van der Waals surface area (Å²) in [6.45, 7) is 3.31. The lowest BCUT2D eigenvalue weighted by Gasteiger charge is -2.38. The summed E-state index contributed by atoms with van der Waals surface area (Å²) in [7, 11) is -8.61. The molecule has 0 heterocycles. The van der Waals surface area contributed by atoms with Crippen LogP contribution >= 0.6 is 7.60 Å². The highest BCUT2D eigenvalue weighted by atomic mass is 32.2. The highest BCUT2D eigenvalue weighted by Crippen LogP contribution is 2.51. The van der Waals surface area contributed by atoms with Crippen molar-refractivity contribution in [1.82, 2.24) is 0 Å². The molecule has 36 heavy (non-hydrogen) atoms. The molecular formula is C25H32F3O6PS. The lowest BCUT2D eigenvalue weighted by molar-refractivity contribution is -0.184. The average molecular weight is 549 g/mol. The number of rotatable bonds is 11. The SMILES string of the molecule is CC(C)C1CCC(C(F)(F)F)CC1S(=O)(=O)OCP(=O)(OCc1ccccc1)OCc1ccccc1. The predicted octanol–water partition coefficient (Wildman–Crippen LogP) is 6.92. The molecule has 1 saturated carbocycles. The van der Waals surface area contributed by atoms with Gasteiger partial charge in [-0.2, -0.15) is 21.6 Å². The summed E-state index contributed by atoms with van der Waals surface area (Å²) < 4.78 is 96.2. The van der Waals surface area contributed by atoms with Crippen LogP contribution in [0.25, 0.3) is 0 Å². The summed E-state index contributed by atoms with van der Waals surface area (Å²) in [6.07, 6.45) is -6.02. The molecule has 0 bridgehead atoms. The first-order chi connectivity index (χ1) is 16.9. The zero-order chi connectivity index (χ0) is 26.4. The van der Waals surface area contributed by atoms with E-state index in [1.54, 1.807) is 74.5 Å². The minimum atomic E-state index is -4.50. The van der Waals surface area contributed by atoms with Crippen LogP contribution in [0.3, 0.4) is 0 Å². The third-order valence-electron chi connectivity index (χ3n) is 6.45. The summed E-state index contributed by atoms with van der Waals surface area (Å²) in [4.78, 5) is 0. The van der Waals surface area contributed by atoms with E-state index < -0.39 is 53.7 Å². The van der Waals surface area contributed by atoms with E-state index in [0.717, 1.165) is 0 Å². The van der Waals surface area contributed by atoms with Gasteiger partial charge in [-0.1, -0.05) is 74.5 Å². The molecule has 1 aliphatic rings. The van der Waals surface area contributed by atoms with Crippen molar-refractivity contribution in [3.05, 3.63) is 71.8 Å². The standard InChI is InChI=1S/C25H32F3O6PS/c1-19(2)23-14-13-22(25(26,27)28)15-24(23)36(30,31)34-18-35(29,32-16-20-9-5-3-6-10-20)33-17-21-11-7-4-8-12-21/h3-12,19,22-24H,13-18H2,1-2H3. The van der Waals surface area contributed by atoms with Crippen LogP contribution in [0.5, 0.6) is 0 Å². The largest absolute Gasteiger partial charge is 0.391 e. The highest BCUT2D eigenvalue weighted by molar-refractivity contribution is 7.87. The van der Waals surface area contributed by atoms with Gasteiger partial charge in [-0.3, -0.25) is 8.75 Å². The Morgan fingerprint density at radius 2 is 1.42 bits per heavy atom. The maximum Gasteiger partial charge on any atom is 0.391 e. The van der Waals surface area contributed by atoms with Gasteiger partial charge in [0.15, 0.2) is 6.35 Å². The molecular weight excluding hydrogens is 516 g/mol. The molecule has 0 N–H and O–H groups in total. The zero-order valence-corrected chi connectivity index (χ0v) is 22.0. The van der Waals surface area contributed by atoms with Crippen molar-refractivity contribution in [1.29, 1.82) is 0 Å². The van der Waals surface area contributed by atoms with Gasteiger partial charge in [0.2, 0.25) is 0 Å². The molecule has 3 rings (SSSR count). The first kappa shape index (κ1) is 28.9. The number of hydrogen-bond donors (Lipinski definition) is 0. The number of halogens is 3. The van der Waals surface area contributed by atoms with E-state index in [1.165, 1.54) is 0 Å². The fourth-order valence-electron chi connectivity index (χ4n) is 4.38. The second-order valence-electron chi connectivity index (χ2n) is 9.37. The van der Waals surface area contributed by atoms with E-state index in [4.69, 9.17) is 13.2 Å². The lowest BCUT2D eigenvalue weighted by atomic mass is 9.76. The molecule has 1 aliphatic carbocycles. The van der Waals surface area contributed by atoms with Crippen LogP contribution in [0, 0.1) is 17.8 Å². The van der Waals surface area contributed by atoms with Crippen molar-refractivity contribution in [2.24, 2.45) is 17.8 Å². The zero-order valence-electron chi connectivity index (χ0n) is 20.3. The molecule has 0 radical (unpaired) electrons. The van der Waals surface area contributed by atoms with Crippen LogP contribution in [0.2, 0.25) is 0 Å². The second-order valence-corrected chi connectivity index (χ2v) is 13.2. The highest BCUT2D eigenvalue weighted by Gasteiger charge is 2.50.